The van der Waals surface area contributed by atoms with Crippen LogP contribution >= 0.6 is 24.8 Å². The molecule has 13 heavy (non-hydrogen) atoms. The van der Waals surface area contributed by atoms with Crippen LogP contribution in [0.3, 0.4) is 0 Å². The highest BCUT2D eigenvalue weighted by molar-refractivity contribution is 5.85. The maximum Gasteiger partial charge on any atom is 0.0925 e. The number of hydrogen-bond donors (Lipinski definition) is 2. The molecule has 0 bridgehead atoms. The van der Waals surface area contributed by atoms with Crippen LogP contribution < -0.4 is 6.15 Å². The first kappa shape index (κ1) is 15.2. The summed E-state index contributed by atoms with van der Waals surface area (Å²) in [6.07, 6.45) is 5.48. The van der Waals surface area contributed by atoms with Crippen molar-refractivity contribution in [3.63, 3.8) is 0 Å². The Kier molecular flexibility index (Phi) is 7.31. The van der Waals surface area contributed by atoms with E-state index in [0.717, 1.165) is 5.92 Å². The van der Waals surface area contributed by atoms with Gasteiger partial charge in [0.25, 0.3) is 0 Å². The average molecular weight is 226 g/mol. The number of hydrogen-bond acceptors (Lipinski definition) is 2. The number of fused-ring (bicyclic) bond motifs is 1. The number of rotatable bonds is 0. The molecule has 0 amide bonds. The minimum atomic E-state index is 0. The second-order valence-electron chi connectivity index (χ2n) is 3.18. The second kappa shape index (κ2) is 6.24. The lowest BCUT2D eigenvalue weighted by Crippen LogP contribution is -2.10. The zero-order chi connectivity index (χ0) is 6.97. The van der Waals surface area contributed by atoms with Crippen molar-refractivity contribution in [1.82, 2.24) is 16.1 Å². The first-order valence-corrected chi connectivity index (χ1v) is 3.87. The predicted molar refractivity (Wildman–Crippen MR) is 59.3 cm³/mol. The number of H-pyrrole nitrogens is 1. The molecule has 1 aliphatic carbocycles. The number of aromatic amines is 1. The van der Waals surface area contributed by atoms with Crippen molar-refractivity contribution in [2.75, 3.05) is 0 Å². The molecule has 78 valence electrons. The van der Waals surface area contributed by atoms with Gasteiger partial charge in [-0.25, -0.2) is 4.98 Å². The van der Waals surface area contributed by atoms with E-state index < -0.39 is 0 Å². The molecule has 1 atom stereocenters. The summed E-state index contributed by atoms with van der Waals surface area (Å²) in [6.45, 7) is 2.29. The van der Waals surface area contributed by atoms with Gasteiger partial charge in [-0.15, -0.1) is 24.8 Å². The van der Waals surface area contributed by atoms with Gasteiger partial charge in [-0.1, -0.05) is 6.92 Å². The van der Waals surface area contributed by atoms with Gasteiger partial charge in [0.1, 0.15) is 0 Å². The van der Waals surface area contributed by atoms with E-state index >= 15 is 0 Å². The van der Waals surface area contributed by atoms with E-state index in [9.17, 15) is 0 Å². The van der Waals surface area contributed by atoms with Gasteiger partial charge in [-0.05, 0) is 25.2 Å². The van der Waals surface area contributed by atoms with E-state index in [0.29, 0.717) is 0 Å². The van der Waals surface area contributed by atoms with E-state index in [1.165, 1.54) is 30.7 Å². The summed E-state index contributed by atoms with van der Waals surface area (Å²) in [5.74, 6) is 0.829. The largest absolute Gasteiger partial charge is 0.348 e. The molecule has 1 unspecified atom stereocenters. The van der Waals surface area contributed by atoms with Crippen LogP contribution in [0.25, 0.3) is 0 Å². The van der Waals surface area contributed by atoms with Crippen LogP contribution in [0.2, 0.25) is 0 Å². The van der Waals surface area contributed by atoms with Crippen LogP contribution in [-0.2, 0) is 12.8 Å². The highest BCUT2D eigenvalue weighted by Crippen LogP contribution is 2.21. The van der Waals surface area contributed by atoms with Crippen LogP contribution in [-0.4, -0.2) is 9.97 Å². The monoisotopic (exact) mass is 225 g/mol. The molecule has 5 heteroatoms. The maximum atomic E-state index is 4.25. The molecule has 0 spiro atoms. The van der Waals surface area contributed by atoms with E-state index in [1.54, 1.807) is 0 Å². The minimum Gasteiger partial charge on any atom is -0.348 e. The first-order chi connectivity index (χ1) is 4.86. The second-order valence-corrected chi connectivity index (χ2v) is 3.18. The van der Waals surface area contributed by atoms with Crippen LogP contribution in [0.15, 0.2) is 6.33 Å². The molecular weight excluding hydrogens is 209 g/mol. The smallest absolute Gasteiger partial charge is 0.0925 e. The van der Waals surface area contributed by atoms with Crippen molar-refractivity contribution in [2.45, 2.75) is 26.2 Å². The standard InChI is InChI=1S/C8H12N2.2ClH.H3N/c1-6-2-3-7-8(4-6)10-5-9-7;;;/h5-6H,2-4H2,1H3,(H,9,10);2*1H;1H3. The third kappa shape index (κ3) is 3.18. The summed E-state index contributed by atoms with van der Waals surface area (Å²) in [5, 5.41) is 0. The Bertz CT molecular complexity index is 237. The molecule has 0 saturated heterocycles. The van der Waals surface area contributed by atoms with Crippen molar-refractivity contribution >= 4 is 24.8 Å². The van der Waals surface area contributed by atoms with Crippen molar-refractivity contribution in [2.24, 2.45) is 5.92 Å². The Morgan fingerprint density at radius 3 is 2.85 bits per heavy atom. The van der Waals surface area contributed by atoms with E-state index in [2.05, 4.69) is 16.9 Å². The van der Waals surface area contributed by atoms with Gasteiger partial charge < -0.3 is 11.1 Å². The van der Waals surface area contributed by atoms with Crippen LogP contribution in [0.5, 0.6) is 0 Å². The van der Waals surface area contributed by atoms with Gasteiger partial charge in [0.05, 0.1) is 12.0 Å². The number of aromatic nitrogens is 2. The van der Waals surface area contributed by atoms with Crippen LogP contribution in [0, 0.1) is 5.92 Å². The first-order valence-electron chi connectivity index (χ1n) is 3.87. The lowest BCUT2D eigenvalue weighted by atomic mass is 9.92. The average Bonchev–Trinajstić information content (AvgIpc) is 2.33. The summed E-state index contributed by atoms with van der Waals surface area (Å²) in [5.41, 5.74) is 2.65. The topological polar surface area (TPSA) is 63.7 Å². The van der Waals surface area contributed by atoms with E-state index in [1.807, 2.05) is 6.33 Å². The van der Waals surface area contributed by atoms with Gasteiger partial charge in [-0.3, -0.25) is 0 Å². The molecule has 1 aromatic rings. The zero-order valence-corrected chi connectivity index (χ0v) is 9.38. The lowest BCUT2D eigenvalue weighted by molar-refractivity contribution is 0.492. The van der Waals surface area contributed by atoms with Crippen LogP contribution in [0.1, 0.15) is 24.7 Å². The predicted octanol–water partition coefficient (Wildman–Crippen LogP) is 2.54. The molecule has 0 fully saturated rings. The van der Waals surface area contributed by atoms with Crippen molar-refractivity contribution in [3.05, 3.63) is 17.7 Å². The molecule has 0 saturated carbocycles. The van der Waals surface area contributed by atoms with Crippen molar-refractivity contribution < 1.29 is 0 Å². The molecule has 1 aromatic heterocycles. The van der Waals surface area contributed by atoms with Gasteiger partial charge in [0.2, 0.25) is 0 Å². The summed E-state index contributed by atoms with van der Waals surface area (Å²) < 4.78 is 0. The summed E-state index contributed by atoms with van der Waals surface area (Å²) >= 11 is 0. The maximum absolute atomic E-state index is 4.25. The lowest BCUT2D eigenvalue weighted by Gasteiger charge is -2.15. The molecule has 4 N–H and O–H groups in total. The number of imidazole rings is 1. The highest BCUT2D eigenvalue weighted by Gasteiger charge is 2.16. The summed E-state index contributed by atoms with van der Waals surface area (Å²) in [4.78, 5) is 7.42. The fourth-order valence-electron chi connectivity index (χ4n) is 1.56. The summed E-state index contributed by atoms with van der Waals surface area (Å²) in [6, 6.07) is 0. The molecule has 0 radical (unpaired) electrons. The Morgan fingerprint density at radius 1 is 1.46 bits per heavy atom. The van der Waals surface area contributed by atoms with Gasteiger partial charge >= 0.3 is 0 Å². The number of halogens is 2. The van der Waals surface area contributed by atoms with Crippen molar-refractivity contribution in [1.29, 1.82) is 0 Å². The summed E-state index contributed by atoms with van der Waals surface area (Å²) in [7, 11) is 0. The van der Waals surface area contributed by atoms with E-state index in [-0.39, 0.29) is 31.0 Å². The molecular formula is C8H17Cl2N3. The Morgan fingerprint density at radius 2 is 2.15 bits per heavy atom. The molecule has 3 nitrogen and oxygen atoms in total. The number of nitrogens with one attached hydrogen (secondary N) is 1. The fraction of sp³-hybridized carbons (Fsp3) is 0.625. The minimum absolute atomic E-state index is 0. The number of nitrogens with zero attached hydrogens (tertiary/aromatic N) is 1. The molecule has 0 aromatic carbocycles. The highest BCUT2D eigenvalue weighted by atomic mass is 35.5. The third-order valence-electron chi connectivity index (χ3n) is 2.24. The zero-order valence-electron chi connectivity index (χ0n) is 7.75. The Hall–Kier alpha value is -0.250. The SMILES string of the molecule is CC1CCc2[nH]cnc2C1.Cl.Cl.N. The molecule has 0 aliphatic heterocycles. The quantitative estimate of drug-likeness (QED) is 0.713. The van der Waals surface area contributed by atoms with Crippen LogP contribution in [0.4, 0.5) is 0 Å². The van der Waals surface area contributed by atoms with Gasteiger partial charge in [-0.2, -0.15) is 0 Å². The normalized spacial score (nSPS) is 18.7. The van der Waals surface area contributed by atoms with Crippen molar-refractivity contribution in [3.8, 4) is 0 Å². The fourth-order valence-corrected chi connectivity index (χ4v) is 1.56. The number of aryl methyl sites for hydroxylation is 1. The van der Waals surface area contributed by atoms with Gasteiger partial charge in [0, 0.05) is 5.69 Å². The van der Waals surface area contributed by atoms with Gasteiger partial charge in [0.15, 0.2) is 0 Å². The Labute approximate surface area is 91.1 Å². The Balaban J connectivity index is 0. The molecule has 2 rings (SSSR count). The third-order valence-corrected chi connectivity index (χ3v) is 2.24. The molecule has 1 aliphatic rings. The van der Waals surface area contributed by atoms with E-state index in [4.69, 9.17) is 0 Å². The molecule has 1 heterocycles.